The van der Waals surface area contributed by atoms with Gasteiger partial charge in [0.2, 0.25) is 0 Å². The quantitative estimate of drug-likeness (QED) is 0.316. The van der Waals surface area contributed by atoms with Crippen molar-refractivity contribution < 1.29 is 19.1 Å². The molecule has 38 heavy (non-hydrogen) atoms. The largest absolute Gasteiger partial charge is 0.496 e. The summed E-state index contributed by atoms with van der Waals surface area (Å²) in [5.74, 6) is 0.277. The maximum atomic E-state index is 12.4. The van der Waals surface area contributed by atoms with Crippen LogP contribution in [-0.4, -0.2) is 66.7 Å². The van der Waals surface area contributed by atoms with Crippen LogP contribution in [-0.2, 0) is 0 Å². The molecule has 0 aliphatic carbocycles. The Morgan fingerprint density at radius 3 is 1.29 bits per heavy atom. The smallest absolute Gasteiger partial charge is 0.271 e. The van der Waals surface area contributed by atoms with Crippen molar-refractivity contribution in [3.8, 4) is 11.5 Å². The number of rotatable bonds is 10. The number of methoxy groups -OCH3 is 2. The maximum absolute atomic E-state index is 12.4. The van der Waals surface area contributed by atoms with E-state index >= 15 is 0 Å². The molecule has 2 amide bonds. The predicted octanol–water partition coefficient (Wildman–Crippen LogP) is 3.36. The van der Waals surface area contributed by atoms with E-state index in [4.69, 9.17) is 9.47 Å². The third-order valence-corrected chi connectivity index (χ3v) is 5.61. The fourth-order valence-corrected chi connectivity index (χ4v) is 3.42. The highest BCUT2D eigenvalue weighted by Crippen LogP contribution is 2.27. The van der Waals surface area contributed by atoms with Gasteiger partial charge in [-0.05, 0) is 60.7 Å². The minimum atomic E-state index is -0.340. The first-order valence-corrected chi connectivity index (χ1v) is 11.7. The minimum Gasteiger partial charge on any atom is -0.496 e. The Morgan fingerprint density at radius 1 is 0.658 bits per heavy atom. The van der Waals surface area contributed by atoms with Gasteiger partial charge in [0, 0.05) is 61.8 Å². The number of benzene rings is 3. The molecular weight excluding hydrogens is 484 g/mol. The van der Waals surface area contributed by atoms with Crippen molar-refractivity contribution in [1.29, 1.82) is 0 Å². The first-order valence-electron chi connectivity index (χ1n) is 11.7. The monoisotopic (exact) mass is 516 g/mol. The molecule has 2 N–H and O–H groups in total. The van der Waals surface area contributed by atoms with Gasteiger partial charge >= 0.3 is 0 Å². The highest BCUT2D eigenvalue weighted by Gasteiger charge is 2.11. The van der Waals surface area contributed by atoms with Crippen molar-refractivity contribution in [3.05, 3.63) is 82.9 Å². The third kappa shape index (κ3) is 7.10. The molecule has 0 saturated carbocycles. The number of carbonyl (C=O) groups is 2. The SMILES string of the molecule is COc1cc(/C=N/NC(=O)c2ccc(N(C)C)cc2)c(OC)cc1/C=N/NC(=O)c1ccc(N(C)C)cc1. The van der Waals surface area contributed by atoms with Crippen molar-refractivity contribution >= 4 is 35.6 Å². The molecule has 0 spiro atoms. The lowest BCUT2D eigenvalue weighted by atomic mass is 10.1. The summed E-state index contributed by atoms with van der Waals surface area (Å²) in [5, 5.41) is 8.12. The van der Waals surface area contributed by atoms with Crippen LogP contribution in [0.5, 0.6) is 11.5 Å². The number of nitrogens with zero attached hydrogens (tertiary/aromatic N) is 4. The van der Waals surface area contributed by atoms with Crippen LogP contribution < -0.4 is 30.1 Å². The average molecular weight is 517 g/mol. The van der Waals surface area contributed by atoms with Gasteiger partial charge < -0.3 is 19.3 Å². The molecule has 3 rings (SSSR count). The molecule has 0 unspecified atom stereocenters. The summed E-state index contributed by atoms with van der Waals surface area (Å²) >= 11 is 0. The Balaban J connectivity index is 1.69. The van der Waals surface area contributed by atoms with Crippen LogP contribution in [0.15, 0.2) is 70.9 Å². The van der Waals surface area contributed by atoms with Crippen LogP contribution in [0, 0.1) is 0 Å². The molecule has 10 nitrogen and oxygen atoms in total. The van der Waals surface area contributed by atoms with E-state index in [1.165, 1.54) is 26.6 Å². The summed E-state index contributed by atoms with van der Waals surface area (Å²) in [6, 6.07) is 17.8. The molecule has 10 heteroatoms. The van der Waals surface area contributed by atoms with Crippen molar-refractivity contribution in [2.45, 2.75) is 0 Å². The maximum Gasteiger partial charge on any atom is 0.271 e. The van der Waals surface area contributed by atoms with E-state index in [2.05, 4.69) is 21.1 Å². The van der Waals surface area contributed by atoms with Gasteiger partial charge in [-0.1, -0.05) is 0 Å². The summed E-state index contributed by atoms with van der Waals surface area (Å²) in [6.45, 7) is 0. The average Bonchev–Trinajstić information content (AvgIpc) is 2.93. The van der Waals surface area contributed by atoms with Gasteiger partial charge in [-0.2, -0.15) is 10.2 Å². The highest BCUT2D eigenvalue weighted by molar-refractivity contribution is 5.97. The van der Waals surface area contributed by atoms with Crippen molar-refractivity contribution in [2.75, 3.05) is 52.2 Å². The number of anilines is 2. The molecule has 0 heterocycles. The Kier molecular flexibility index (Phi) is 9.42. The van der Waals surface area contributed by atoms with Crippen LogP contribution in [0.3, 0.4) is 0 Å². The van der Waals surface area contributed by atoms with Gasteiger partial charge in [-0.15, -0.1) is 0 Å². The van der Waals surface area contributed by atoms with Crippen LogP contribution in [0.2, 0.25) is 0 Å². The molecule has 3 aromatic carbocycles. The van der Waals surface area contributed by atoms with Gasteiger partial charge in [-0.3, -0.25) is 9.59 Å². The number of hydrogen-bond acceptors (Lipinski definition) is 8. The summed E-state index contributed by atoms with van der Waals surface area (Å²) < 4.78 is 10.9. The van der Waals surface area contributed by atoms with E-state index in [1.54, 1.807) is 36.4 Å². The van der Waals surface area contributed by atoms with E-state index < -0.39 is 0 Å². The summed E-state index contributed by atoms with van der Waals surface area (Å²) in [5.41, 5.74) is 9.14. The van der Waals surface area contributed by atoms with Crippen LogP contribution in [0.1, 0.15) is 31.8 Å². The second-order valence-corrected chi connectivity index (χ2v) is 8.62. The van der Waals surface area contributed by atoms with E-state index in [-0.39, 0.29) is 11.8 Å². The zero-order valence-electron chi connectivity index (χ0n) is 22.4. The molecular formula is C28H32N6O4. The molecule has 3 aromatic rings. The van der Waals surface area contributed by atoms with Crippen LogP contribution in [0.25, 0.3) is 0 Å². The van der Waals surface area contributed by atoms with Gasteiger partial charge in [-0.25, -0.2) is 10.9 Å². The van der Waals surface area contributed by atoms with E-state index in [0.29, 0.717) is 33.8 Å². The number of hydrogen-bond donors (Lipinski definition) is 2. The normalized spacial score (nSPS) is 10.9. The second-order valence-electron chi connectivity index (χ2n) is 8.62. The first-order chi connectivity index (χ1) is 18.2. The summed E-state index contributed by atoms with van der Waals surface area (Å²) in [7, 11) is 10.8. The number of carbonyl (C=O) groups excluding carboxylic acids is 2. The van der Waals surface area contributed by atoms with Gasteiger partial charge in [0.15, 0.2) is 0 Å². The van der Waals surface area contributed by atoms with Gasteiger partial charge in [0.25, 0.3) is 11.8 Å². The Morgan fingerprint density at radius 2 is 1.00 bits per heavy atom. The number of nitrogens with one attached hydrogen (secondary N) is 2. The number of amides is 2. The zero-order chi connectivity index (χ0) is 27.7. The van der Waals surface area contributed by atoms with Crippen LogP contribution >= 0.6 is 0 Å². The Labute approximate surface area is 222 Å². The molecule has 198 valence electrons. The van der Waals surface area contributed by atoms with E-state index in [9.17, 15) is 9.59 Å². The fraction of sp³-hybridized carbons (Fsp3) is 0.214. The molecule has 0 aliphatic rings. The molecule has 0 aliphatic heterocycles. The van der Waals surface area contributed by atoms with Gasteiger partial charge in [0.1, 0.15) is 11.5 Å². The second kappa shape index (κ2) is 12.9. The topological polar surface area (TPSA) is 108 Å². The predicted molar refractivity (Wildman–Crippen MR) is 151 cm³/mol. The van der Waals surface area contributed by atoms with Crippen LogP contribution in [0.4, 0.5) is 11.4 Å². The lowest BCUT2D eigenvalue weighted by Gasteiger charge is -2.12. The van der Waals surface area contributed by atoms with E-state index in [1.807, 2.05) is 62.3 Å². The molecule has 0 fully saturated rings. The fourth-order valence-electron chi connectivity index (χ4n) is 3.42. The molecule has 0 bridgehead atoms. The third-order valence-electron chi connectivity index (χ3n) is 5.61. The Hall–Kier alpha value is -4.86. The molecule has 0 aromatic heterocycles. The van der Waals surface area contributed by atoms with Crippen molar-refractivity contribution in [2.24, 2.45) is 10.2 Å². The number of hydrazone groups is 2. The summed E-state index contributed by atoms with van der Waals surface area (Å²) in [6.07, 6.45) is 2.93. The van der Waals surface area contributed by atoms with Gasteiger partial charge in [0.05, 0.1) is 26.6 Å². The molecule has 0 saturated heterocycles. The van der Waals surface area contributed by atoms with E-state index in [0.717, 1.165) is 11.4 Å². The molecule has 0 radical (unpaired) electrons. The Bertz CT molecular complexity index is 1210. The van der Waals surface area contributed by atoms with Crippen molar-refractivity contribution in [1.82, 2.24) is 10.9 Å². The minimum absolute atomic E-state index is 0.340. The zero-order valence-corrected chi connectivity index (χ0v) is 22.4. The van der Waals surface area contributed by atoms with Crippen molar-refractivity contribution in [3.63, 3.8) is 0 Å². The molecule has 0 atom stereocenters. The highest BCUT2D eigenvalue weighted by atomic mass is 16.5. The number of ether oxygens (including phenoxy) is 2. The lowest BCUT2D eigenvalue weighted by Crippen LogP contribution is -2.18. The summed E-state index contributed by atoms with van der Waals surface area (Å²) in [4.78, 5) is 28.7. The lowest BCUT2D eigenvalue weighted by molar-refractivity contribution is 0.0947. The first kappa shape index (κ1) is 27.7. The standard InChI is InChI=1S/C28H32N6O4/c1-33(2)23-11-7-19(8-12-23)27(35)31-29-17-21-15-26(38-6)22(16-25(21)37-5)18-30-32-28(36)20-9-13-24(14-10-20)34(3)4/h7-18H,1-6H3,(H,31,35)(H,32,36)/b29-17+,30-18+.